The molecule has 0 saturated carbocycles. The molecule has 7 nitrogen and oxygen atoms in total. The minimum absolute atomic E-state index is 0.0564. The van der Waals surface area contributed by atoms with E-state index < -0.39 is 0 Å². The Morgan fingerprint density at radius 1 is 1.23 bits per heavy atom. The molecule has 0 unspecified atom stereocenters. The highest BCUT2D eigenvalue weighted by molar-refractivity contribution is 5.95. The number of hydrogen-bond donors (Lipinski definition) is 1. The van der Waals surface area contributed by atoms with Crippen LogP contribution in [0.5, 0.6) is 5.75 Å². The molecular weight excluding hydrogens is 332 g/mol. The van der Waals surface area contributed by atoms with Gasteiger partial charge in [-0.2, -0.15) is 0 Å². The van der Waals surface area contributed by atoms with E-state index in [1.807, 2.05) is 31.2 Å². The Balaban J connectivity index is 1.72. The molecule has 1 saturated heterocycles. The van der Waals surface area contributed by atoms with E-state index in [1.165, 1.54) is 0 Å². The molecule has 3 rings (SSSR count). The summed E-state index contributed by atoms with van der Waals surface area (Å²) in [5.74, 6) is 1.26. The van der Waals surface area contributed by atoms with Gasteiger partial charge in [0.05, 0.1) is 12.3 Å². The van der Waals surface area contributed by atoms with Gasteiger partial charge in [-0.15, -0.1) is 0 Å². The van der Waals surface area contributed by atoms with Gasteiger partial charge in [-0.25, -0.2) is 4.98 Å². The van der Waals surface area contributed by atoms with Gasteiger partial charge >= 0.3 is 0 Å². The van der Waals surface area contributed by atoms with Crippen molar-refractivity contribution in [1.82, 2.24) is 14.8 Å². The summed E-state index contributed by atoms with van der Waals surface area (Å²) in [4.78, 5) is 31.2. The van der Waals surface area contributed by atoms with Crippen molar-refractivity contribution in [3.8, 4) is 5.75 Å². The van der Waals surface area contributed by atoms with Gasteiger partial charge in [-0.3, -0.25) is 9.59 Å². The number of piperazine rings is 1. The summed E-state index contributed by atoms with van der Waals surface area (Å²) in [5, 5.41) is 3.21. The Morgan fingerprint density at radius 2 is 2.00 bits per heavy atom. The molecular formula is C19H22N4O3. The van der Waals surface area contributed by atoms with Crippen LogP contribution in [0.2, 0.25) is 0 Å². The number of carbonyl (C=O) groups excluding carboxylic acids is 2. The third kappa shape index (κ3) is 4.11. The molecule has 1 aliphatic rings. The number of para-hydroxylation sites is 2. The van der Waals surface area contributed by atoms with Gasteiger partial charge < -0.3 is 19.9 Å². The van der Waals surface area contributed by atoms with E-state index in [0.717, 1.165) is 17.8 Å². The maximum absolute atomic E-state index is 12.7. The fourth-order valence-corrected chi connectivity index (χ4v) is 2.83. The van der Waals surface area contributed by atoms with Crippen molar-refractivity contribution in [2.24, 2.45) is 0 Å². The number of carbonyl (C=O) groups is 2. The molecule has 1 N–H and O–H groups in total. The highest BCUT2D eigenvalue weighted by Gasteiger charge is 2.21. The number of ether oxygens (including phenoxy) is 1. The molecule has 0 atom stereocenters. The molecule has 2 heterocycles. The third-order valence-corrected chi connectivity index (χ3v) is 4.21. The molecule has 26 heavy (non-hydrogen) atoms. The summed E-state index contributed by atoms with van der Waals surface area (Å²) in [6, 6.07) is 11.0. The summed E-state index contributed by atoms with van der Waals surface area (Å²) in [5.41, 5.74) is 1.36. The van der Waals surface area contributed by atoms with Gasteiger partial charge in [0, 0.05) is 37.9 Å². The van der Waals surface area contributed by atoms with Crippen LogP contribution >= 0.6 is 0 Å². The summed E-state index contributed by atoms with van der Waals surface area (Å²) < 4.78 is 5.60. The molecule has 7 heteroatoms. The van der Waals surface area contributed by atoms with Crippen molar-refractivity contribution in [3.63, 3.8) is 0 Å². The molecule has 1 aromatic carbocycles. The van der Waals surface area contributed by atoms with Crippen LogP contribution in [-0.4, -0.2) is 59.9 Å². The topological polar surface area (TPSA) is 74.8 Å². The lowest BCUT2D eigenvalue weighted by molar-refractivity contribution is -0.119. The predicted octanol–water partition coefficient (Wildman–Crippen LogP) is 2.14. The lowest BCUT2D eigenvalue weighted by Crippen LogP contribution is -2.48. The number of nitrogens with one attached hydrogen (secondary N) is 1. The van der Waals surface area contributed by atoms with Crippen LogP contribution in [-0.2, 0) is 4.79 Å². The maximum atomic E-state index is 12.7. The number of hydrogen-bond acceptors (Lipinski definition) is 5. The highest BCUT2D eigenvalue weighted by atomic mass is 16.5. The average Bonchev–Trinajstić information content (AvgIpc) is 2.69. The minimum atomic E-state index is -0.0564. The average molecular weight is 354 g/mol. The second-order valence-corrected chi connectivity index (χ2v) is 5.92. The fourth-order valence-electron chi connectivity index (χ4n) is 2.83. The van der Waals surface area contributed by atoms with Crippen molar-refractivity contribution in [2.45, 2.75) is 6.92 Å². The van der Waals surface area contributed by atoms with E-state index in [-0.39, 0.29) is 5.91 Å². The third-order valence-electron chi connectivity index (χ3n) is 4.21. The zero-order valence-electron chi connectivity index (χ0n) is 14.7. The zero-order chi connectivity index (χ0) is 18.4. The van der Waals surface area contributed by atoms with Crippen LogP contribution in [0.25, 0.3) is 0 Å². The normalized spacial score (nSPS) is 14.0. The molecule has 0 radical (unpaired) electrons. The van der Waals surface area contributed by atoms with E-state index in [1.54, 1.807) is 28.1 Å². The van der Waals surface area contributed by atoms with Crippen LogP contribution in [0.4, 0.5) is 11.5 Å². The van der Waals surface area contributed by atoms with E-state index in [2.05, 4.69) is 10.3 Å². The largest absolute Gasteiger partial charge is 0.492 e. The van der Waals surface area contributed by atoms with Crippen LogP contribution in [0, 0.1) is 0 Å². The Hall–Kier alpha value is -3.09. The van der Waals surface area contributed by atoms with Gasteiger partial charge in [-0.1, -0.05) is 12.1 Å². The van der Waals surface area contributed by atoms with E-state index in [4.69, 9.17) is 4.74 Å². The quantitative estimate of drug-likeness (QED) is 0.805. The van der Waals surface area contributed by atoms with Crippen LogP contribution in [0.15, 0.2) is 42.6 Å². The second-order valence-electron chi connectivity index (χ2n) is 5.92. The lowest BCUT2D eigenvalue weighted by atomic mass is 10.2. The molecule has 1 fully saturated rings. The molecule has 2 amide bonds. The Kier molecular flexibility index (Phi) is 5.68. The summed E-state index contributed by atoms with van der Waals surface area (Å²) >= 11 is 0. The first-order chi connectivity index (χ1) is 12.7. The van der Waals surface area contributed by atoms with Crippen molar-refractivity contribution in [2.75, 3.05) is 38.1 Å². The SMILES string of the molecule is CCOc1ccccc1Nc1cc(C(=O)N2CCN(C=O)CC2)ccn1. The van der Waals surface area contributed by atoms with Gasteiger partial charge in [0.15, 0.2) is 0 Å². The van der Waals surface area contributed by atoms with Gasteiger partial charge in [0.2, 0.25) is 6.41 Å². The smallest absolute Gasteiger partial charge is 0.254 e. The van der Waals surface area contributed by atoms with Crippen molar-refractivity contribution >= 4 is 23.8 Å². The number of benzene rings is 1. The number of amides is 2. The predicted molar refractivity (Wildman–Crippen MR) is 98.7 cm³/mol. The van der Waals surface area contributed by atoms with Crippen LogP contribution in [0.1, 0.15) is 17.3 Å². The van der Waals surface area contributed by atoms with Crippen LogP contribution in [0.3, 0.4) is 0 Å². The number of pyridine rings is 1. The Morgan fingerprint density at radius 3 is 2.73 bits per heavy atom. The van der Waals surface area contributed by atoms with Crippen LogP contribution < -0.4 is 10.1 Å². The van der Waals surface area contributed by atoms with E-state index in [0.29, 0.717) is 44.2 Å². The monoisotopic (exact) mass is 354 g/mol. The molecule has 0 aliphatic carbocycles. The standard InChI is InChI=1S/C19H22N4O3/c1-2-26-17-6-4-3-5-16(17)21-18-13-15(7-8-20-18)19(25)23-11-9-22(14-24)10-12-23/h3-8,13-14H,2,9-12H2,1H3,(H,20,21). The summed E-state index contributed by atoms with van der Waals surface area (Å²) in [6.45, 7) is 4.70. The summed E-state index contributed by atoms with van der Waals surface area (Å²) in [6.07, 6.45) is 2.44. The second kappa shape index (κ2) is 8.33. The van der Waals surface area contributed by atoms with Crippen molar-refractivity contribution < 1.29 is 14.3 Å². The van der Waals surface area contributed by atoms with Crippen molar-refractivity contribution in [3.05, 3.63) is 48.2 Å². The van der Waals surface area contributed by atoms with E-state index >= 15 is 0 Å². The first-order valence-corrected chi connectivity index (χ1v) is 8.64. The lowest BCUT2D eigenvalue weighted by Gasteiger charge is -2.32. The Labute approximate surface area is 152 Å². The summed E-state index contributed by atoms with van der Waals surface area (Å²) in [7, 11) is 0. The maximum Gasteiger partial charge on any atom is 0.254 e. The molecule has 136 valence electrons. The first kappa shape index (κ1) is 17.7. The van der Waals surface area contributed by atoms with E-state index in [9.17, 15) is 9.59 Å². The molecule has 2 aromatic rings. The molecule has 0 spiro atoms. The van der Waals surface area contributed by atoms with Gasteiger partial charge in [-0.05, 0) is 31.2 Å². The number of nitrogens with zero attached hydrogens (tertiary/aromatic N) is 3. The molecule has 1 aliphatic heterocycles. The Bertz CT molecular complexity index is 773. The number of rotatable bonds is 6. The fraction of sp³-hybridized carbons (Fsp3) is 0.316. The molecule has 0 bridgehead atoms. The van der Waals surface area contributed by atoms with Crippen molar-refractivity contribution in [1.29, 1.82) is 0 Å². The minimum Gasteiger partial charge on any atom is -0.492 e. The number of anilines is 2. The molecule has 1 aromatic heterocycles. The van der Waals surface area contributed by atoms with Gasteiger partial charge in [0.25, 0.3) is 5.91 Å². The highest BCUT2D eigenvalue weighted by Crippen LogP contribution is 2.27. The zero-order valence-corrected chi connectivity index (χ0v) is 14.7. The van der Waals surface area contributed by atoms with Gasteiger partial charge in [0.1, 0.15) is 11.6 Å². The first-order valence-electron chi connectivity index (χ1n) is 8.64. The number of aromatic nitrogens is 1.